The number of aromatic amines is 1. The van der Waals surface area contributed by atoms with E-state index in [2.05, 4.69) is 15.2 Å². The first-order valence-corrected chi connectivity index (χ1v) is 8.10. The number of carbonyl (C=O) groups excluding carboxylic acids is 2. The largest absolute Gasteiger partial charge is 0.466 e. The summed E-state index contributed by atoms with van der Waals surface area (Å²) in [7, 11) is 0. The molecule has 0 aromatic carbocycles. The number of rotatable bonds is 4. The second kappa shape index (κ2) is 7.25. The topological polar surface area (TPSA) is 88.2 Å². The van der Waals surface area contributed by atoms with E-state index < -0.39 is 0 Å². The monoisotopic (exact) mass is 328 g/mol. The molecule has 24 heavy (non-hydrogen) atoms. The van der Waals surface area contributed by atoms with Crippen molar-refractivity contribution >= 4 is 11.9 Å². The van der Waals surface area contributed by atoms with Crippen LogP contribution in [0.2, 0.25) is 0 Å². The maximum Gasteiger partial charge on any atom is 0.310 e. The number of nitrogens with one attached hydrogen (secondary N) is 1. The highest BCUT2D eigenvalue weighted by Gasteiger charge is 2.30. The van der Waals surface area contributed by atoms with Crippen LogP contribution >= 0.6 is 0 Å². The molecule has 0 bridgehead atoms. The number of nitrogens with zero attached hydrogens (tertiary/aromatic N) is 3. The van der Waals surface area contributed by atoms with Crippen molar-refractivity contribution in [3.8, 4) is 11.3 Å². The minimum Gasteiger partial charge on any atom is -0.466 e. The number of aromatic nitrogens is 3. The number of hydrogen-bond acceptors (Lipinski definition) is 5. The number of esters is 1. The molecule has 7 nitrogen and oxygen atoms in total. The van der Waals surface area contributed by atoms with Crippen molar-refractivity contribution in [3.05, 3.63) is 36.3 Å². The summed E-state index contributed by atoms with van der Waals surface area (Å²) >= 11 is 0. The van der Waals surface area contributed by atoms with Crippen LogP contribution in [0, 0.1) is 5.92 Å². The van der Waals surface area contributed by atoms with Gasteiger partial charge in [-0.05, 0) is 38.0 Å². The maximum absolute atomic E-state index is 12.7. The van der Waals surface area contributed by atoms with Gasteiger partial charge >= 0.3 is 5.97 Å². The van der Waals surface area contributed by atoms with E-state index in [-0.39, 0.29) is 17.8 Å². The number of H-pyrrole nitrogens is 1. The standard InChI is InChI=1S/C17H20N4O3/c1-2-24-17(23)13-6-4-8-21(11-13)16(22)15-9-14(19-20-15)12-5-3-7-18-10-12/h3,5,7,9-10,13H,2,4,6,8,11H2,1H3,(H,19,20)/t13-/m1/s1. The zero-order chi connectivity index (χ0) is 16.9. The summed E-state index contributed by atoms with van der Waals surface area (Å²) in [6, 6.07) is 5.42. The summed E-state index contributed by atoms with van der Waals surface area (Å²) in [4.78, 5) is 30.3. The third-order valence-corrected chi connectivity index (χ3v) is 4.09. The van der Waals surface area contributed by atoms with E-state index in [4.69, 9.17) is 4.74 Å². The maximum atomic E-state index is 12.7. The molecule has 0 unspecified atom stereocenters. The Morgan fingerprint density at radius 3 is 3.08 bits per heavy atom. The summed E-state index contributed by atoms with van der Waals surface area (Å²) < 4.78 is 5.07. The van der Waals surface area contributed by atoms with Crippen LogP contribution < -0.4 is 0 Å². The van der Waals surface area contributed by atoms with Gasteiger partial charge in [0.25, 0.3) is 5.91 Å². The summed E-state index contributed by atoms with van der Waals surface area (Å²) in [6.07, 6.45) is 4.93. The number of pyridine rings is 1. The van der Waals surface area contributed by atoms with Gasteiger partial charge in [0, 0.05) is 31.0 Å². The highest BCUT2D eigenvalue weighted by atomic mass is 16.5. The zero-order valence-electron chi connectivity index (χ0n) is 13.6. The summed E-state index contributed by atoms with van der Waals surface area (Å²) in [5.74, 6) is -0.620. The van der Waals surface area contributed by atoms with Gasteiger partial charge in [0.15, 0.2) is 0 Å². The fourth-order valence-electron chi connectivity index (χ4n) is 2.88. The third-order valence-electron chi connectivity index (χ3n) is 4.09. The van der Waals surface area contributed by atoms with Gasteiger partial charge in [-0.1, -0.05) is 0 Å². The Morgan fingerprint density at radius 1 is 1.46 bits per heavy atom. The van der Waals surface area contributed by atoms with E-state index >= 15 is 0 Å². The SMILES string of the molecule is CCOC(=O)[C@@H]1CCCN(C(=O)c2cc(-c3cccnc3)n[nH]2)C1. The van der Waals surface area contributed by atoms with Gasteiger partial charge < -0.3 is 9.64 Å². The molecule has 0 radical (unpaired) electrons. The average molecular weight is 328 g/mol. The normalized spacial score (nSPS) is 17.5. The molecule has 1 aliphatic heterocycles. The summed E-state index contributed by atoms with van der Waals surface area (Å²) in [5.41, 5.74) is 1.93. The van der Waals surface area contributed by atoms with Crippen molar-refractivity contribution in [2.45, 2.75) is 19.8 Å². The van der Waals surface area contributed by atoms with E-state index in [1.807, 2.05) is 12.1 Å². The Labute approximate surface area is 140 Å². The first-order chi connectivity index (χ1) is 11.7. The van der Waals surface area contributed by atoms with Crippen LogP contribution in [-0.4, -0.2) is 51.7 Å². The van der Waals surface area contributed by atoms with Gasteiger partial charge in [0.05, 0.1) is 18.2 Å². The Morgan fingerprint density at radius 2 is 2.33 bits per heavy atom. The molecule has 0 saturated carbocycles. The first kappa shape index (κ1) is 16.2. The molecule has 0 spiro atoms. The Kier molecular flexibility index (Phi) is 4.88. The van der Waals surface area contributed by atoms with E-state index in [1.165, 1.54) is 0 Å². The van der Waals surface area contributed by atoms with Crippen LogP contribution in [0.4, 0.5) is 0 Å². The van der Waals surface area contributed by atoms with Gasteiger partial charge in [0.2, 0.25) is 0 Å². The zero-order valence-corrected chi connectivity index (χ0v) is 13.6. The second-order valence-electron chi connectivity index (χ2n) is 5.75. The lowest BCUT2D eigenvalue weighted by Gasteiger charge is -2.31. The first-order valence-electron chi connectivity index (χ1n) is 8.10. The van der Waals surface area contributed by atoms with Gasteiger partial charge in [-0.3, -0.25) is 19.7 Å². The Balaban J connectivity index is 1.70. The van der Waals surface area contributed by atoms with Gasteiger partial charge in [-0.2, -0.15) is 5.10 Å². The molecule has 1 atom stereocenters. The molecular formula is C17H20N4O3. The molecule has 1 fully saturated rings. The second-order valence-corrected chi connectivity index (χ2v) is 5.75. The van der Waals surface area contributed by atoms with Crippen molar-refractivity contribution in [2.75, 3.05) is 19.7 Å². The molecule has 1 amide bonds. The quantitative estimate of drug-likeness (QED) is 0.866. The van der Waals surface area contributed by atoms with Crippen LogP contribution in [0.1, 0.15) is 30.3 Å². The van der Waals surface area contributed by atoms with E-state index in [1.54, 1.807) is 30.3 Å². The predicted octanol–water partition coefficient (Wildman–Crippen LogP) is 1.89. The molecule has 1 saturated heterocycles. The smallest absolute Gasteiger partial charge is 0.310 e. The van der Waals surface area contributed by atoms with Gasteiger partial charge in [-0.15, -0.1) is 0 Å². The number of carbonyl (C=O) groups is 2. The van der Waals surface area contributed by atoms with Crippen LogP contribution in [-0.2, 0) is 9.53 Å². The fraction of sp³-hybridized carbons (Fsp3) is 0.412. The molecule has 3 heterocycles. The molecular weight excluding hydrogens is 308 g/mol. The molecule has 2 aromatic heterocycles. The minimum absolute atomic E-state index is 0.147. The number of ether oxygens (including phenoxy) is 1. The lowest BCUT2D eigenvalue weighted by molar-refractivity contribution is -0.149. The summed E-state index contributed by atoms with van der Waals surface area (Å²) in [6.45, 7) is 3.17. The van der Waals surface area contributed by atoms with Crippen molar-refractivity contribution < 1.29 is 14.3 Å². The lowest BCUT2D eigenvalue weighted by atomic mass is 9.98. The fourth-order valence-corrected chi connectivity index (χ4v) is 2.88. The summed E-state index contributed by atoms with van der Waals surface area (Å²) in [5, 5.41) is 6.97. The lowest BCUT2D eigenvalue weighted by Crippen LogP contribution is -2.43. The predicted molar refractivity (Wildman–Crippen MR) is 87.1 cm³/mol. The molecule has 2 aromatic rings. The van der Waals surface area contributed by atoms with Crippen molar-refractivity contribution in [1.82, 2.24) is 20.1 Å². The van der Waals surface area contributed by atoms with Crippen LogP contribution in [0.5, 0.6) is 0 Å². The van der Waals surface area contributed by atoms with Crippen molar-refractivity contribution in [3.63, 3.8) is 0 Å². The molecule has 1 N–H and O–H groups in total. The number of likely N-dealkylation sites (tertiary alicyclic amines) is 1. The molecule has 1 aliphatic rings. The average Bonchev–Trinajstić information content (AvgIpc) is 3.12. The number of hydrogen-bond donors (Lipinski definition) is 1. The third kappa shape index (κ3) is 3.45. The van der Waals surface area contributed by atoms with E-state index in [0.29, 0.717) is 31.1 Å². The van der Waals surface area contributed by atoms with E-state index in [9.17, 15) is 9.59 Å². The van der Waals surface area contributed by atoms with Crippen LogP contribution in [0.25, 0.3) is 11.3 Å². The van der Waals surface area contributed by atoms with Crippen LogP contribution in [0.3, 0.4) is 0 Å². The number of piperidine rings is 1. The highest BCUT2D eigenvalue weighted by Crippen LogP contribution is 2.21. The molecule has 7 heteroatoms. The van der Waals surface area contributed by atoms with Gasteiger partial charge in [0.1, 0.15) is 5.69 Å². The van der Waals surface area contributed by atoms with Gasteiger partial charge in [-0.25, -0.2) is 0 Å². The van der Waals surface area contributed by atoms with Crippen LogP contribution in [0.15, 0.2) is 30.6 Å². The van der Waals surface area contributed by atoms with Crippen molar-refractivity contribution in [2.24, 2.45) is 5.92 Å². The Hall–Kier alpha value is -2.70. The molecule has 3 rings (SSSR count). The molecule has 0 aliphatic carbocycles. The van der Waals surface area contributed by atoms with E-state index in [0.717, 1.165) is 18.4 Å². The highest BCUT2D eigenvalue weighted by molar-refractivity contribution is 5.93. The minimum atomic E-state index is -0.247. The Bertz CT molecular complexity index is 714. The molecule has 126 valence electrons. The van der Waals surface area contributed by atoms with Crippen molar-refractivity contribution in [1.29, 1.82) is 0 Å². The number of amides is 1.